The van der Waals surface area contributed by atoms with E-state index >= 15 is 0 Å². The summed E-state index contributed by atoms with van der Waals surface area (Å²) in [6, 6.07) is 0. The van der Waals surface area contributed by atoms with Crippen molar-refractivity contribution in [3.05, 3.63) is 5.69 Å². The predicted octanol–water partition coefficient (Wildman–Crippen LogP) is -1.41. The van der Waals surface area contributed by atoms with Gasteiger partial charge in [-0.05, 0) is 0 Å². The summed E-state index contributed by atoms with van der Waals surface area (Å²) in [6.45, 7) is 0. The minimum absolute atomic E-state index is 0.00986. The lowest BCUT2D eigenvalue weighted by Gasteiger charge is -2.02. The molecule has 0 aliphatic heterocycles. The van der Waals surface area contributed by atoms with Crippen LogP contribution in [0.3, 0.4) is 0 Å². The number of carbonyl (C=O) groups is 1. The highest BCUT2D eigenvalue weighted by Crippen LogP contribution is 2.06. The van der Waals surface area contributed by atoms with Crippen LogP contribution in [0.1, 0.15) is 10.5 Å². The molecule has 0 aromatic carbocycles. The molecular weight excluding hydrogens is 160 g/mol. The van der Waals surface area contributed by atoms with Crippen molar-refractivity contribution < 1.29 is 4.79 Å². The first-order chi connectivity index (χ1) is 5.65. The van der Waals surface area contributed by atoms with Gasteiger partial charge in [-0.1, -0.05) is 0 Å². The molecule has 1 aromatic rings. The smallest absolute Gasteiger partial charge is 0.273 e. The van der Waals surface area contributed by atoms with Gasteiger partial charge >= 0.3 is 0 Å². The number of nitrogens with zero attached hydrogens (tertiary/aromatic N) is 3. The van der Waals surface area contributed by atoms with E-state index in [0.29, 0.717) is 0 Å². The van der Waals surface area contributed by atoms with E-state index in [1.54, 1.807) is 7.05 Å². The second kappa shape index (κ2) is 2.99. The molecule has 12 heavy (non-hydrogen) atoms. The third kappa shape index (κ3) is 1.39. The second-order valence-corrected chi connectivity index (χ2v) is 1.98. The molecule has 1 aromatic heterocycles. The maximum Gasteiger partial charge on any atom is 0.273 e. The number of hydrogen-bond donors (Lipinski definition) is 3. The molecule has 64 valence electrons. The number of nitrogens with two attached hydrogens (primary N) is 2. The Balaban J connectivity index is 3.20. The van der Waals surface area contributed by atoms with Gasteiger partial charge in [-0.25, -0.2) is 0 Å². The van der Waals surface area contributed by atoms with Crippen LogP contribution in [0.4, 0.5) is 11.8 Å². The molecule has 0 saturated heterocycles. The highest BCUT2D eigenvalue weighted by Gasteiger charge is 2.11. The molecule has 7 nitrogen and oxygen atoms in total. The van der Waals surface area contributed by atoms with E-state index in [2.05, 4.69) is 20.5 Å². The first-order valence-corrected chi connectivity index (χ1v) is 3.13. The normalized spacial score (nSPS) is 9.42. The van der Waals surface area contributed by atoms with E-state index in [4.69, 9.17) is 11.5 Å². The Hall–Kier alpha value is -1.92. The molecule has 1 amide bonds. The van der Waals surface area contributed by atoms with Crippen LogP contribution in [0, 0.1) is 0 Å². The van der Waals surface area contributed by atoms with Gasteiger partial charge in [-0.3, -0.25) is 4.79 Å². The lowest BCUT2D eigenvalue weighted by molar-refractivity contribution is 0.0995. The molecule has 1 heterocycles. The largest absolute Gasteiger partial charge is 0.371 e. The topological polar surface area (TPSA) is 120 Å². The SMILES string of the molecule is CNc1nc(N)nnc1C(N)=O. The number of aromatic nitrogens is 3. The number of nitrogens with one attached hydrogen (secondary N) is 1. The molecule has 0 saturated carbocycles. The zero-order valence-electron chi connectivity index (χ0n) is 6.40. The molecule has 0 radical (unpaired) electrons. The second-order valence-electron chi connectivity index (χ2n) is 1.98. The van der Waals surface area contributed by atoms with Crippen molar-refractivity contribution in [3.8, 4) is 0 Å². The Morgan fingerprint density at radius 1 is 1.50 bits per heavy atom. The van der Waals surface area contributed by atoms with Gasteiger partial charge in [-0.2, -0.15) is 4.98 Å². The summed E-state index contributed by atoms with van der Waals surface area (Å²) in [4.78, 5) is 14.4. The van der Waals surface area contributed by atoms with Crippen molar-refractivity contribution in [1.29, 1.82) is 0 Å². The Morgan fingerprint density at radius 3 is 2.67 bits per heavy atom. The zero-order chi connectivity index (χ0) is 9.14. The summed E-state index contributed by atoms with van der Waals surface area (Å²) in [5, 5.41) is 9.48. The van der Waals surface area contributed by atoms with Crippen molar-refractivity contribution >= 4 is 17.7 Å². The Kier molecular flexibility index (Phi) is 2.04. The molecule has 0 spiro atoms. The number of anilines is 2. The first kappa shape index (κ1) is 8.18. The van der Waals surface area contributed by atoms with Crippen LogP contribution in [-0.4, -0.2) is 28.1 Å². The lowest BCUT2D eigenvalue weighted by Crippen LogP contribution is -2.18. The van der Waals surface area contributed by atoms with Crippen LogP contribution in [0.25, 0.3) is 0 Å². The standard InChI is InChI=1S/C5H8N6O/c1-8-4-2(3(6)12)10-11-5(7)9-4/h1H3,(H2,6,12)(H3,7,8,9,11). The average molecular weight is 168 g/mol. The van der Waals surface area contributed by atoms with Gasteiger partial charge < -0.3 is 16.8 Å². The maximum absolute atomic E-state index is 10.7. The molecular formula is C5H8N6O. The quantitative estimate of drug-likeness (QED) is 0.499. The fourth-order valence-electron chi connectivity index (χ4n) is 0.679. The van der Waals surface area contributed by atoms with Gasteiger partial charge in [0.25, 0.3) is 5.91 Å². The van der Waals surface area contributed by atoms with Crippen LogP contribution in [0.15, 0.2) is 0 Å². The molecule has 0 aliphatic rings. The summed E-state index contributed by atoms with van der Waals surface area (Å²) < 4.78 is 0. The van der Waals surface area contributed by atoms with Crippen LogP contribution in [0.5, 0.6) is 0 Å². The maximum atomic E-state index is 10.7. The van der Waals surface area contributed by atoms with Crippen molar-refractivity contribution in [2.75, 3.05) is 18.1 Å². The molecule has 0 aliphatic carbocycles. The highest BCUT2D eigenvalue weighted by atomic mass is 16.1. The Morgan fingerprint density at radius 2 is 2.17 bits per heavy atom. The van der Waals surface area contributed by atoms with E-state index < -0.39 is 5.91 Å². The van der Waals surface area contributed by atoms with E-state index in [-0.39, 0.29) is 17.5 Å². The van der Waals surface area contributed by atoms with Gasteiger partial charge in [0.05, 0.1) is 0 Å². The first-order valence-electron chi connectivity index (χ1n) is 3.13. The number of nitrogen functional groups attached to an aromatic ring is 1. The van der Waals surface area contributed by atoms with Crippen LogP contribution < -0.4 is 16.8 Å². The number of hydrogen-bond acceptors (Lipinski definition) is 6. The zero-order valence-corrected chi connectivity index (χ0v) is 6.40. The fourth-order valence-corrected chi connectivity index (χ4v) is 0.679. The Labute approximate surface area is 68.2 Å². The van der Waals surface area contributed by atoms with Gasteiger partial charge in [0.2, 0.25) is 5.95 Å². The van der Waals surface area contributed by atoms with Crippen LogP contribution in [0.2, 0.25) is 0 Å². The minimum Gasteiger partial charge on any atom is -0.371 e. The third-order valence-electron chi connectivity index (χ3n) is 1.17. The van der Waals surface area contributed by atoms with Crippen molar-refractivity contribution in [2.24, 2.45) is 5.73 Å². The fraction of sp³-hybridized carbons (Fsp3) is 0.200. The summed E-state index contributed by atoms with van der Waals surface area (Å²) in [6.07, 6.45) is 0. The number of amides is 1. The molecule has 5 N–H and O–H groups in total. The van der Waals surface area contributed by atoms with E-state index in [9.17, 15) is 4.79 Å². The molecule has 1 rings (SSSR count). The van der Waals surface area contributed by atoms with Crippen LogP contribution in [-0.2, 0) is 0 Å². The Bertz CT molecular complexity index is 311. The van der Waals surface area contributed by atoms with Crippen molar-refractivity contribution in [1.82, 2.24) is 15.2 Å². The van der Waals surface area contributed by atoms with Crippen molar-refractivity contribution in [3.63, 3.8) is 0 Å². The van der Waals surface area contributed by atoms with Gasteiger partial charge in [0.1, 0.15) is 0 Å². The van der Waals surface area contributed by atoms with E-state index in [1.165, 1.54) is 0 Å². The molecule has 7 heteroatoms. The summed E-state index contributed by atoms with van der Waals surface area (Å²) in [5.41, 5.74) is 10.2. The molecule has 0 unspecified atom stereocenters. The highest BCUT2D eigenvalue weighted by molar-refractivity contribution is 5.95. The lowest BCUT2D eigenvalue weighted by atomic mass is 10.4. The summed E-state index contributed by atoms with van der Waals surface area (Å²) >= 11 is 0. The van der Waals surface area contributed by atoms with Crippen LogP contribution >= 0.6 is 0 Å². The van der Waals surface area contributed by atoms with E-state index in [1.807, 2.05) is 0 Å². The predicted molar refractivity (Wildman–Crippen MR) is 42.3 cm³/mol. The third-order valence-corrected chi connectivity index (χ3v) is 1.17. The number of carbonyl (C=O) groups excluding carboxylic acids is 1. The number of primary amides is 1. The average Bonchev–Trinajstić information content (AvgIpc) is 2.03. The number of rotatable bonds is 2. The van der Waals surface area contributed by atoms with Gasteiger partial charge in [0, 0.05) is 7.05 Å². The summed E-state index contributed by atoms with van der Waals surface area (Å²) in [7, 11) is 1.58. The van der Waals surface area contributed by atoms with Gasteiger partial charge in [-0.15, -0.1) is 10.2 Å². The van der Waals surface area contributed by atoms with E-state index in [0.717, 1.165) is 0 Å². The molecule has 0 fully saturated rings. The molecule has 0 atom stereocenters. The summed E-state index contributed by atoms with van der Waals surface area (Å²) in [5.74, 6) is -0.473. The van der Waals surface area contributed by atoms with Crippen molar-refractivity contribution in [2.45, 2.75) is 0 Å². The minimum atomic E-state index is -0.695. The molecule has 0 bridgehead atoms. The monoisotopic (exact) mass is 168 g/mol. The van der Waals surface area contributed by atoms with Gasteiger partial charge in [0.15, 0.2) is 11.5 Å².